The minimum Gasteiger partial charge on any atom is -0.340 e. The van der Waals surface area contributed by atoms with Gasteiger partial charge < -0.3 is 9.47 Å². The third kappa shape index (κ3) is 3.80. The molecule has 27 heavy (non-hydrogen) atoms. The van der Waals surface area contributed by atoms with Crippen molar-refractivity contribution in [3.8, 4) is 0 Å². The van der Waals surface area contributed by atoms with Crippen molar-refractivity contribution in [2.45, 2.75) is 57.5 Å². The first-order valence-electron chi connectivity index (χ1n) is 9.98. The number of hydrogen-bond donors (Lipinski definition) is 0. The van der Waals surface area contributed by atoms with Crippen molar-refractivity contribution in [3.63, 3.8) is 0 Å². The van der Waals surface area contributed by atoms with Crippen molar-refractivity contribution in [2.75, 3.05) is 26.2 Å². The molecule has 0 bridgehead atoms. The van der Waals surface area contributed by atoms with Crippen LogP contribution in [0, 0.1) is 0 Å². The largest absolute Gasteiger partial charge is 0.340 e. The van der Waals surface area contributed by atoms with Crippen LogP contribution < -0.4 is 0 Å². The molecule has 0 saturated carbocycles. The van der Waals surface area contributed by atoms with Crippen LogP contribution in [0.25, 0.3) is 0 Å². The van der Waals surface area contributed by atoms with Crippen LogP contribution in [0.5, 0.6) is 0 Å². The summed E-state index contributed by atoms with van der Waals surface area (Å²) in [6.45, 7) is 8.63. The Balaban J connectivity index is 1.47. The fraction of sp³-hybridized carbons (Fsp3) is 0.650. The summed E-state index contributed by atoms with van der Waals surface area (Å²) in [7, 11) is 0. The maximum Gasteiger partial charge on any atom is 0.242 e. The second-order valence-corrected chi connectivity index (χ2v) is 8.96. The summed E-state index contributed by atoms with van der Waals surface area (Å²) in [5.74, 6) is 1.65. The summed E-state index contributed by atoms with van der Waals surface area (Å²) >= 11 is 1.62. The highest BCUT2D eigenvalue weighted by molar-refractivity contribution is 7.07. The molecule has 1 unspecified atom stereocenters. The smallest absolute Gasteiger partial charge is 0.242 e. The number of hydrogen-bond acceptors (Lipinski definition) is 5. The molecule has 1 atom stereocenters. The topological polar surface area (TPSA) is 54.3 Å². The lowest BCUT2D eigenvalue weighted by atomic mass is 9.93. The van der Waals surface area contributed by atoms with Crippen molar-refractivity contribution in [1.82, 2.24) is 24.3 Å². The molecule has 0 radical (unpaired) electrons. The van der Waals surface area contributed by atoms with E-state index in [9.17, 15) is 4.79 Å². The van der Waals surface area contributed by atoms with Gasteiger partial charge in [0.05, 0.1) is 23.3 Å². The first-order chi connectivity index (χ1) is 13.1. The van der Waals surface area contributed by atoms with Gasteiger partial charge >= 0.3 is 0 Å². The van der Waals surface area contributed by atoms with Crippen LogP contribution in [-0.2, 0) is 11.3 Å². The zero-order chi connectivity index (χ0) is 18.9. The van der Waals surface area contributed by atoms with Gasteiger partial charge in [-0.1, -0.05) is 0 Å². The molecule has 2 saturated heterocycles. The maximum atomic E-state index is 13.3. The molecule has 2 fully saturated rings. The predicted octanol–water partition coefficient (Wildman–Crippen LogP) is 2.97. The van der Waals surface area contributed by atoms with Crippen LogP contribution >= 0.6 is 11.3 Å². The first-order valence-corrected chi connectivity index (χ1v) is 10.9. The van der Waals surface area contributed by atoms with Crippen LogP contribution in [-0.4, -0.2) is 62.0 Å². The van der Waals surface area contributed by atoms with E-state index in [1.165, 1.54) is 12.8 Å². The Hall–Kier alpha value is -1.73. The van der Waals surface area contributed by atoms with Gasteiger partial charge in [0.1, 0.15) is 5.82 Å². The van der Waals surface area contributed by atoms with Gasteiger partial charge in [-0.2, -0.15) is 0 Å². The molecular weight excluding hydrogens is 358 g/mol. The number of imidazole rings is 1. The molecule has 2 aromatic rings. The van der Waals surface area contributed by atoms with E-state index in [1.54, 1.807) is 11.3 Å². The fourth-order valence-corrected chi connectivity index (χ4v) is 5.02. The standard InChI is InChI=1S/C20H29N5OS/c1-20(2,25-9-3-4-10-25)19(26)24-8-5-6-16(12-24)18-21-7-11-23(18)13-17-14-27-15-22-17/h7,11,14-16H,3-6,8-10,12-13H2,1-2H3. The van der Waals surface area contributed by atoms with Gasteiger partial charge in [0.25, 0.3) is 0 Å². The summed E-state index contributed by atoms with van der Waals surface area (Å²) < 4.78 is 2.19. The van der Waals surface area contributed by atoms with E-state index in [1.807, 2.05) is 17.9 Å². The number of rotatable bonds is 5. The highest BCUT2D eigenvalue weighted by Gasteiger charge is 2.40. The Morgan fingerprint density at radius 2 is 2.04 bits per heavy atom. The van der Waals surface area contributed by atoms with E-state index in [0.29, 0.717) is 5.92 Å². The summed E-state index contributed by atoms with van der Waals surface area (Å²) in [5.41, 5.74) is 2.53. The van der Waals surface area contributed by atoms with E-state index in [4.69, 9.17) is 0 Å². The first kappa shape index (κ1) is 18.6. The molecule has 146 valence electrons. The molecular formula is C20H29N5OS. The molecule has 0 spiro atoms. The Morgan fingerprint density at radius 1 is 1.22 bits per heavy atom. The molecule has 7 heteroatoms. The number of aromatic nitrogens is 3. The van der Waals surface area contributed by atoms with E-state index < -0.39 is 5.54 Å². The SMILES string of the molecule is CC(C)(C(=O)N1CCCC(c2nccn2Cc2cscn2)C1)N1CCCC1. The molecule has 0 aliphatic carbocycles. The van der Waals surface area contributed by atoms with Crippen LogP contribution in [0.15, 0.2) is 23.3 Å². The monoisotopic (exact) mass is 387 g/mol. The Bertz CT molecular complexity index is 763. The number of carbonyl (C=O) groups excluding carboxylic acids is 1. The zero-order valence-electron chi connectivity index (χ0n) is 16.3. The Kier molecular flexibility index (Phi) is 5.32. The predicted molar refractivity (Wildman–Crippen MR) is 107 cm³/mol. The second-order valence-electron chi connectivity index (χ2n) is 8.24. The van der Waals surface area contributed by atoms with E-state index in [2.05, 4.69) is 43.6 Å². The van der Waals surface area contributed by atoms with E-state index in [0.717, 1.165) is 57.1 Å². The lowest BCUT2D eigenvalue weighted by Gasteiger charge is -2.41. The molecule has 0 aromatic carbocycles. The molecule has 1 amide bonds. The average molecular weight is 388 g/mol. The Morgan fingerprint density at radius 3 is 2.78 bits per heavy atom. The van der Waals surface area contributed by atoms with Crippen LogP contribution in [0.3, 0.4) is 0 Å². The normalized spacial score (nSPS) is 21.7. The Labute approximate surface area is 165 Å². The number of nitrogens with zero attached hydrogens (tertiary/aromatic N) is 5. The highest BCUT2D eigenvalue weighted by Crippen LogP contribution is 2.30. The van der Waals surface area contributed by atoms with E-state index >= 15 is 0 Å². The quantitative estimate of drug-likeness (QED) is 0.791. The number of thiazole rings is 1. The van der Waals surface area contributed by atoms with Crippen molar-refractivity contribution in [2.24, 2.45) is 0 Å². The van der Waals surface area contributed by atoms with Gasteiger partial charge in [-0.3, -0.25) is 9.69 Å². The minimum absolute atomic E-state index is 0.270. The second kappa shape index (κ2) is 7.72. The van der Waals surface area contributed by atoms with Gasteiger partial charge in [-0.15, -0.1) is 11.3 Å². The number of piperidine rings is 1. The molecule has 4 rings (SSSR count). The highest BCUT2D eigenvalue weighted by atomic mass is 32.1. The number of amides is 1. The van der Waals surface area contributed by atoms with Crippen LogP contribution in [0.2, 0.25) is 0 Å². The molecule has 0 N–H and O–H groups in total. The van der Waals surface area contributed by atoms with Gasteiger partial charge in [-0.05, 0) is 52.6 Å². The van der Waals surface area contributed by atoms with Crippen molar-refractivity contribution < 1.29 is 4.79 Å². The van der Waals surface area contributed by atoms with Crippen LogP contribution in [0.4, 0.5) is 0 Å². The molecule has 2 aliphatic heterocycles. The number of carbonyl (C=O) groups is 1. The lowest BCUT2D eigenvalue weighted by Crippen LogP contribution is -2.56. The molecule has 2 aliphatic rings. The molecule has 2 aromatic heterocycles. The summed E-state index contributed by atoms with van der Waals surface area (Å²) in [6, 6.07) is 0. The van der Waals surface area contributed by atoms with Crippen LogP contribution in [0.1, 0.15) is 57.0 Å². The minimum atomic E-state index is -0.408. The summed E-state index contributed by atoms with van der Waals surface area (Å²) in [6.07, 6.45) is 8.43. The van der Waals surface area contributed by atoms with Gasteiger partial charge in [0.15, 0.2) is 0 Å². The average Bonchev–Trinajstić information content (AvgIpc) is 3.44. The third-order valence-corrected chi connectivity index (χ3v) is 6.69. The summed E-state index contributed by atoms with van der Waals surface area (Å²) in [4.78, 5) is 26.8. The molecule has 4 heterocycles. The van der Waals surface area contributed by atoms with Crippen molar-refractivity contribution in [3.05, 3.63) is 34.8 Å². The zero-order valence-corrected chi connectivity index (χ0v) is 17.1. The lowest BCUT2D eigenvalue weighted by molar-refractivity contribution is -0.143. The van der Waals surface area contributed by atoms with Gasteiger partial charge in [0.2, 0.25) is 5.91 Å². The summed E-state index contributed by atoms with van der Waals surface area (Å²) in [5, 5.41) is 2.08. The van der Waals surface area contributed by atoms with Crippen molar-refractivity contribution >= 4 is 17.2 Å². The third-order valence-electron chi connectivity index (χ3n) is 6.06. The molecule has 6 nitrogen and oxygen atoms in total. The van der Waals surface area contributed by atoms with Crippen molar-refractivity contribution in [1.29, 1.82) is 0 Å². The number of likely N-dealkylation sites (tertiary alicyclic amines) is 2. The maximum absolute atomic E-state index is 13.3. The van der Waals surface area contributed by atoms with Gasteiger partial charge in [-0.25, -0.2) is 9.97 Å². The van der Waals surface area contributed by atoms with E-state index in [-0.39, 0.29) is 5.91 Å². The van der Waals surface area contributed by atoms with Gasteiger partial charge in [0, 0.05) is 36.8 Å². The fourth-order valence-electron chi connectivity index (χ4n) is 4.48.